The summed E-state index contributed by atoms with van der Waals surface area (Å²) in [5.41, 5.74) is 0.500. The summed E-state index contributed by atoms with van der Waals surface area (Å²) in [6.45, 7) is 8.26. The number of carbonyl (C=O) groups excluding carboxylic acids is 1. The molecular weight excluding hydrogens is 347 g/mol. The van der Waals surface area contributed by atoms with Gasteiger partial charge in [0.15, 0.2) is 0 Å². The summed E-state index contributed by atoms with van der Waals surface area (Å²) >= 11 is 0. The molecule has 6 heteroatoms. The number of ether oxygens (including phenoxy) is 1. The third-order valence-electron chi connectivity index (χ3n) is 4.57. The number of nitrogens with zero attached hydrogens (tertiary/aromatic N) is 2. The second-order valence-corrected chi connectivity index (χ2v) is 7.42. The molecule has 1 fully saturated rings. The highest BCUT2D eigenvalue weighted by Crippen LogP contribution is 2.15. The Morgan fingerprint density at radius 3 is 2.74 bits per heavy atom. The molecule has 3 rings (SSSR count). The van der Waals surface area contributed by atoms with Crippen molar-refractivity contribution >= 4 is 5.91 Å². The second kappa shape index (κ2) is 9.15. The number of halogens is 1. The van der Waals surface area contributed by atoms with Crippen molar-refractivity contribution in [2.75, 3.05) is 32.8 Å². The Labute approximate surface area is 159 Å². The molecule has 27 heavy (non-hydrogen) atoms. The number of carbonyl (C=O) groups is 1. The Morgan fingerprint density at radius 2 is 2.07 bits per heavy atom. The molecule has 5 nitrogen and oxygen atoms in total. The Balaban J connectivity index is 1.64. The molecule has 1 aromatic heterocycles. The van der Waals surface area contributed by atoms with E-state index in [1.165, 1.54) is 24.3 Å². The first-order valence-corrected chi connectivity index (χ1v) is 9.42. The van der Waals surface area contributed by atoms with Gasteiger partial charge in [0, 0.05) is 31.7 Å². The van der Waals surface area contributed by atoms with E-state index in [2.05, 4.69) is 18.7 Å². The summed E-state index contributed by atoms with van der Waals surface area (Å²) in [5, 5.41) is 0. The molecule has 1 aliphatic heterocycles. The fraction of sp³-hybridized carbons (Fsp3) is 0.476. The molecule has 1 aliphatic rings. The first kappa shape index (κ1) is 19.6. The van der Waals surface area contributed by atoms with E-state index in [9.17, 15) is 9.18 Å². The zero-order valence-electron chi connectivity index (χ0n) is 15.9. The van der Waals surface area contributed by atoms with Gasteiger partial charge in [0.05, 0.1) is 25.5 Å². The monoisotopic (exact) mass is 374 g/mol. The first-order valence-electron chi connectivity index (χ1n) is 9.42. The van der Waals surface area contributed by atoms with E-state index < -0.39 is 0 Å². The summed E-state index contributed by atoms with van der Waals surface area (Å²) < 4.78 is 24.5. The topological polar surface area (TPSA) is 45.9 Å². The summed E-state index contributed by atoms with van der Waals surface area (Å²) in [4.78, 5) is 17.0. The van der Waals surface area contributed by atoms with Gasteiger partial charge in [-0.3, -0.25) is 9.69 Å². The van der Waals surface area contributed by atoms with Crippen molar-refractivity contribution in [3.63, 3.8) is 0 Å². The van der Waals surface area contributed by atoms with E-state index in [4.69, 9.17) is 9.15 Å². The van der Waals surface area contributed by atoms with Gasteiger partial charge in [-0.15, -0.1) is 0 Å². The van der Waals surface area contributed by atoms with Crippen molar-refractivity contribution in [1.29, 1.82) is 0 Å². The predicted octanol–water partition coefficient (Wildman–Crippen LogP) is 3.42. The molecule has 0 saturated carbocycles. The Bertz CT molecular complexity index is 716. The lowest BCUT2D eigenvalue weighted by molar-refractivity contribution is -0.0452. The number of morpholine rings is 1. The van der Waals surface area contributed by atoms with Crippen LogP contribution in [0, 0.1) is 11.7 Å². The van der Waals surface area contributed by atoms with E-state index in [0.29, 0.717) is 31.2 Å². The van der Waals surface area contributed by atoms with Crippen molar-refractivity contribution in [2.24, 2.45) is 5.92 Å². The Hall–Kier alpha value is -2.18. The maximum atomic E-state index is 13.2. The minimum Gasteiger partial charge on any atom is -0.468 e. The zero-order valence-corrected chi connectivity index (χ0v) is 15.9. The summed E-state index contributed by atoms with van der Waals surface area (Å²) in [7, 11) is 0. The minimum atomic E-state index is -0.342. The fourth-order valence-electron chi connectivity index (χ4n) is 3.36. The SMILES string of the molecule is CC(C)CN(CC1CN(Cc2ccco2)CCO1)C(=O)c1ccc(F)cc1. The van der Waals surface area contributed by atoms with E-state index in [1.54, 1.807) is 6.26 Å². The molecule has 0 aliphatic carbocycles. The normalized spacial score (nSPS) is 18.0. The van der Waals surface area contributed by atoms with Crippen LogP contribution < -0.4 is 0 Å². The van der Waals surface area contributed by atoms with Crippen molar-refractivity contribution in [3.05, 3.63) is 59.8 Å². The second-order valence-electron chi connectivity index (χ2n) is 7.42. The molecule has 1 amide bonds. The van der Waals surface area contributed by atoms with Gasteiger partial charge in [-0.05, 0) is 42.3 Å². The Kier molecular flexibility index (Phi) is 6.63. The van der Waals surface area contributed by atoms with Gasteiger partial charge in [-0.2, -0.15) is 0 Å². The lowest BCUT2D eigenvalue weighted by atomic mass is 10.1. The molecular formula is C21H27FN2O3. The van der Waals surface area contributed by atoms with Gasteiger partial charge in [0.25, 0.3) is 5.91 Å². The van der Waals surface area contributed by atoms with Gasteiger partial charge in [-0.25, -0.2) is 4.39 Å². The number of benzene rings is 1. The van der Waals surface area contributed by atoms with Gasteiger partial charge >= 0.3 is 0 Å². The van der Waals surface area contributed by atoms with Crippen LogP contribution in [0.4, 0.5) is 4.39 Å². The zero-order chi connectivity index (χ0) is 19.2. The standard InChI is InChI=1S/C21H27FN2O3/c1-16(2)12-24(21(25)17-5-7-18(22)8-6-17)15-20-14-23(9-11-27-20)13-19-4-3-10-26-19/h3-8,10,16,20H,9,11-15H2,1-2H3. The lowest BCUT2D eigenvalue weighted by Crippen LogP contribution is -2.49. The molecule has 2 aromatic rings. The first-order chi connectivity index (χ1) is 13.0. The third-order valence-corrected chi connectivity index (χ3v) is 4.57. The van der Waals surface area contributed by atoms with Crippen LogP contribution in [0.3, 0.4) is 0 Å². The summed E-state index contributed by atoms with van der Waals surface area (Å²) in [5.74, 6) is 0.830. The maximum absolute atomic E-state index is 13.2. The van der Waals surface area contributed by atoms with Gasteiger partial charge < -0.3 is 14.1 Å². The lowest BCUT2D eigenvalue weighted by Gasteiger charge is -2.36. The third kappa shape index (κ3) is 5.65. The average molecular weight is 374 g/mol. The van der Waals surface area contributed by atoms with Crippen LogP contribution in [0.15, 0.2) is 47.1 Å². The maximum Gasteiger partial charge on any atom is 0.253 e. The molecule has 0 radical (unpaired) electrons. The van der Waals surface area contributed by atoms with Crippen molar-refractivity contribution < 1.29 is 18.3 Å². The van der Waals surface area contributed by atoms with Crippen molar-refractivity contribution in [1.82, 2.24) is 9.80 Å². The number of hydrogen-bond donors (Lipinski definition) is 0. The fourth-order valence-corrected chi connectivity index (χ4v) is 3.36. The number of amides is 1. The molecule has 1 unspecified atom stereocenters. The van der Waals surface area contributed by atoms with Crippen LogP contribution in [0.25, 0.3) is 0 Å². The van der Waals surface area contributed by atoms with Crippen LogP contribution in [0.1, 0.15) is 30.0 Å². The van der Waals surface area contributed by atoms with Gasteiger partial charge in [0.1, 0.15) is 11.6 Å². The highest BCUT2D eigenvalue weighted by Gasteiger charge is 2.26. The van der Waals surface area contributed by atoms with Gasteiger partial charge in [0.2, 0.25) is 0 Å². The molecule has 1 atom stereocenters. The molecule has 0 bridgehead atoms. The number of hydrogen-bond acceptors (Lipinski definition) is 4. The minimum absolute atomic E-state index is 0.0585. The van der Waals surface area contributed by atoms with Crippen LogP contribution in [-0.2, 0) is 11.3 Å². The quantitative estimate of drug-likeness (QED) is 0.745. The van der Waals surface area contributed by atoms with E-state index in [-0.39, 0.29) is 17.8 Å². The molecule has 1 aromatic carbocycles. The summed E-state index contributed by atoms with van der Waals surface area (Å²) in [6.07, 6.45) is 1.62. The molecule has 1 saturated heterocycles. The highest BCUT2D eigenvalue weighted by atomic mass is 19.1. The van der Waals surface area contributed by atoms with E-state index in [1.807, 2.05) is 17.0 Å². The molecule has 146 valence electrons. The highest BCUT2D eigenvalue weighted by molar-refractivity contribution is 5.94. The van der Waals surface area contributed by atoms with Crippen LogP contribution in [0.5, 0.6) is 0 Å². The summed E-state index contributed by atoms with van der Waals surface area (Å²) in [6, 6.07) is 9.57. The van der Waals surface area contributed by atoms with Crippen LogP contribution in [0.2, 0.25) is 0 Å². The van der Waals surface area contributed by atoms with E-state index >= 15 is 0 Å². The van der Waals surface area contributed by atoms with Gasteiger partial charge in [-0.1, -0.05) is 13.8 Å². The average Bonchev–Trinajstić information content (AvgIpc) is 3.14. The van der Waals surface area contributed by atoms with Crippen molar-refractivity contribution in [2.45, 2.75) is 26.5 Å². The van der Waals surface area contributed by atoms with Crippen molar-refractivity contribution in [3.8, 4) is 0 Å². The molecule has 0 spiro atoms. The molecule has 0 N–H and O–H groups in total. The van der Waals surface area contributed by atoms with E-state index in [0.717, 1.165) is 25.4 Å². The predicted molar refractivity (Wildman–Crippen MR) is 101 cm³/mol. The number of rotatable bonds is 7. The Morgan fingerprint density at radius 1 is 1.30 bits per heavy atom. The van der Waals surface area contributed by atoms with Crippen LogP contribution in [-0.4, -0.2) is 54.6 Å². The number of furan rings is 1. The molecule has 2 heterocycles. The smallest absolute Gasteiger partial charge is 0.253 e. The largest absolute Gasteiger partial charge is 0.468 e. The van der Waals surface area contributed by atoms with Crippen LogP contribution >= 0.6 is 0 Å².